The fourth-order valence-electron chi connectivity index (χ4n) is 18.1. The van der Waals surface area contributed by atoms with Crippen LogP contribution in [0.25, 0.3) is 0 Å². The van der Waals surface area contributed by atoms with Crippen molar-refractivity contribution in [1.29, 1.82) is 0 Å². The molecule has 1 aromatic carbocycles. The van der Waals surface area contributed by atoms with Gasteiger partial charge in [-0.25, -0.2) is 4.79 Å². The van der Waals surface area contributed by atoms with Gasteiger partial charge in [0.15, 0.2) is 0 Å². The average Bonchev–Trinajstić information content (AvgIpc) is 3.99. The topological polar surface area (TPSA) is 177 Å². The number of allylic oxidation sites excluding steroid dienone is 2. The zero-order chi connectivity index (χ0) is 44.3. The number of ether oxygens (including phenoxy) is 1. The van der Waals surface area contributed by atoms with Crippen molar-refractivity contribution in [2.24, 2.45) is 75.9 Å². The van der Waals surface area contributed by atoms with E-state index in [9.17, 15) is 40.2 Å². The van der Waals surface area contributed by atoms with Crippen molar-refractivity contribution in [3.8, 4) is 0 Å². The maximum absolute atomic E-state index is 14.6. The molecule has 7 saturated carbocycles. The van der Waals surface area contributed by atoms with Gasteiger partial charge in [0.1, 0.15) is 23.6 Å². The average molecular weight is 870 g/mol. The largest absolute Gasteiger partial charge is 0.454 e. The molecule has 0 unspecified atom stereocenters. The Kier molecular flexibility index (Phi) is 11.4. The minimum absolute atomic E-state index is 0.0640. The molecule has 7 N–H and O–H groups in total. The van der Waals surface area contributed by atoms with Crippen molar-refractivity contribution in [1.82, 2.24) is 5.32 Å². The summed E-state index contributed by atoms with van der Waals surface area (Å²) in [5.41, 5.74) is -5.65. The molecule has 10 nitrogen and oxygen atoms in total. The number of fused-ring (bicyclic) bond motifs is 9. The van der Waals surface area contributed by atoms with Gasteiger partial charge in [-0.1, -0.05) is 95.2 Å². The zero-order valence-corrected chi connectivity index (χ0v) is 37.9. The lowest BCUT2D eigenvalue weighted by molar-refractivity contribution is -0.377. The number of aliphatic hydroxyl groups excluding tert-OH is 3. The highest BCUT2D eigenvalue weighted by molar-refractivity contribution is 5.86. The van der Waals surface area contributed by atoms with Crippen molar-refractivity contribution in [3.63, 3.8) is 0 Å². The van der Waals surface area contributed by atoms with E-state index < -0.39 is 69.7 Å². The number of rotatable bonds is 11. The number of benzene rings is 1. The minimum atomic E-state index is -2.17. The molecule has 10 heteroatoms. The maximum atomic E-state index is 14.6. The van der Waals surface area contributed by atoms with Gasteiger partial charge in [0, 0.05) is 41.2 Å². The fourth-order valence-corrected chi connectivity index (χ4v) is 18.1. The third-order valence-electron chi connectivity index (χ3n) is 20.8. The van der Waals surface area contributed by atoms with Gasteiger partial charge in [-0.05, 0) is 129 Å². The standard InChI is InChI=1S/C53H75NO9/c1-4-5-6-15-33-26-50(29-56)43-19-20-49(2)45-35(21-38(47-39(45)25-44(57)63-47)42(54-3)23-31-14-9-10-16-34(31)28-55)27-51(49,60)53(43,62)48(59)41-24-37-32(22-40(46(33)58)52(41,50)61)17-11-18-36(37)30-12-7-8-13-30/h9-11,14,16-17,25,29-30,32-33,35-38,40-43,45-48,54-55,58-62H,4-8,12-13,15,18-24,26-28H2,1-3H3/t32-,33+,35-,36+,37+,38-,40+,41-,42+,43-,45-,46+,47-,48+,49-,50+,51-,52-,53-/m1/s1. The molecule has 1 heterocycles. The van der Waals surface area contributed by atoms with Crippen LogP contribution in [0, 0.1) is 75.9 Å². The lowest BCUT2D eigenvalue weighted by Crippen LogP contribution is -2.85. The summed E-state index contributed by atoms with van der Waals surface area (Å²) in [6.45, 7) is 4.10. The smallest absolute Gasteiger partial charge is 0.331 e. The summed E-state index contributed by atoms with van der Waals surface area (Å²) in [6, 6.07) is 7.69. The van der Waals surface area contributed by atoms with Crippen molar-refractivity contribution >= 4 is 12.3 Å². The summed E-state index contributed by atoms with van der Waals surface area (Å²) >= 11 is 0. The van der Waals surface area contributed by atoms with Crippen LogP contribution in [0.2, 0.25) is 0 Å². The van der Waals surface area contributed by atoms with Crippen LogP contribution >= 0.6 is 0 Å². The molecule has 1 aromatic rings. The Morgan fingerprint density at radius 2 is 1.70 bits per heavy atom. The molecule has 0 saturated heterocycles. The number of carbonyl (C=O) groups excluding carboxylic acids is 2. The Labute approximate surface area is 374 Å². The third-order valence-corrected chi connectivity index (χ3v) is 20.8. The Balaban J connectivity index is 1.08. The minimum Gasteiger partial charge on any atom is -0.454 e. The van der Waals surface area contributed by atoms with Crippen LogP contribution in [-0.2, 0) is 27.4 Å². The number of nitrogens with one attached hydrogen (secondary N) is 1. The number of aldehydes is 1. The zero-order valence-electron chi connectivity index (χ0n) is 37.9. The molecule has 9 aliphatic rings. The van der Waals surface area contributed by atoms with E-state index in [0.717, 1.165) is 61.5 Å². The molecule has 346 valence electrons. The molecule has 7 fully saturated rings. The number of carbonyl (C=O) groups is 2. The van der Waals surface area contributed by atoms with Crippen LogP contribution in [0.3, 0.4) is 0 Å². The number of hydrogen-bond donors (Lipinski definition) is 7. The highest BCUT2D eigenvalue weighted by Crippen LogP contribution is 2.77. The molecular weight excluding hydrogens is 795 g/mol. The molecule has 0 aromatic heterocycles. The predicted molar refractivity (Wildman–Crippen MR) is 237 cm³/mol. The molecule has 0 bridgehead atoms. The van der Waals surface area contributed by atoms with E-state index in [0.29, 0.717) is 56.8 Å². The summed E-state index contributed by atoms with van der Waals surface area (Å²) in [6.07, 6.45) is 16.6. The first-order valence-corrected chi connectivity index (χ1v) is 25.2. The van der Waals surface area contributed by atoms with E-state index in [1.807, 2.05) is 38.2 Å². The Morgan fingerprint density at radius 3 is 2.41 bits per heavy atom. The normalized spacial score (nSPS) is 49.0. The van der Waals surface area contributed by atoms with Gasteiger partial charge in [-0.2, -0.15) is 0 Å². The SMILES string of the molecule is CCCCC[C@H]1C[C@]2(C=O)[C@H]3CC[C@]4(C)[C@H]5C6=CC(=O)O[C@@H]6[C@@H]([C@H](Cc6ccccc6CO)NC)C[C@@H]5C[C@]4(O)[C@]3(O)[C@@H](O)[C@H]3C[C@H]4[C@H](C=CC[C@H]4C4CCCC4)C[C@@H]([C@H]1O)[C@@]32O. The molecule has 19 atom stereocenters. The van der Waals surface area contributed by atoms with Crippen LogP contribution in [0.15, 0.2) is 48.1 Å². The molecule has 0 amide bonds. The van der Waals surface area contributed by atoms with E-state index in [4.69, 9.17) is 4.74 Å². The van der Waals surface area contributed by atoms with E-state index in [1.165, 1.54) is 12.8 Å². The number of hydrogen-bond acceptors (Lipinski definition) is 10. The third kappa shape index (κ3) is 6.05. The first-order chi connectivity index (χ1) is 30.3. The Hall–Kier alpha value is -2.44. The number of aliphatic hydroxyl groups is 6. The van der Waals surface area contributed by atoms with Crippen LogP contribution in [0.1, 0.15) is 128 Å². The Morgan fingerprint density at radius 1 is 0.937 bits per heavy atom. The quantitative estimate of drug-likeness (QED) is 0.0607. The van der Waals surface area contributed by atoms with E-state index in [1.54, 1.807) is 6.08 Å². The van der Waals surface area contributed by atoms with Gasteiger partial charge >= 0.3 is 5.97 Å². The van der Waals surface area contributed by atoms with E-state index in [-0.39, 0.29) is 61.0 Å². The molecule has 1 aliphatic heterocycles. The first-order valence-electron chi connectivity index (χ1n) is 25.2. The van der Waals surface area contributed by atoms with Crippen LogP contribution in [0.4, 0.5) is 0 Å². The van der Waals surface area contributed by atoms with Crippen molar-refractivity contribution < 1.29 is 45.0 Å². The van der Waals surface area contributed by atoms with Crippen LogP contribution in [0.5, 0.6) is 0 Å². The van der Waals surface area contributed by atoms with Gasteiger partial charge < -0.3 is 45.5 Å². The molecule has 8 aliphatic carbocycles. The number of unbranched alkanes of at least 4 members (excludes halogenated alkanes) is 2. The van der Waals surface area contributed by atoms with Crippen LogP contribution in [-0.4, -0.2) is 91.1 Å². The van der Waals surface area contributed by atoms with Crippen molar-refractivity contribution in [2.75, 3.05) is 7.05 Å². The molecule has 63 heavy (non-hydrogen) atoms. The van der Waals surface area contributed by atoms with Gasteiger partial charge in [0.05, 0.1) is 29.8 Å². The van der Waals surface area contributed by atoms with Crippen LogP contribution < -0.4 is 5.32 Å². The number of esters is 1. The summed E-state index contributed by atoms with van der Waals surface area (Å²) in [4.78, 5) is 28.0. The summed E-state index contributed by atoms with van der Waals surface area (Å²) in [5.74, 6) is -2.90. The second kappa shape index (κ2) is 16.1. The number of likely N-dealkylation sites (N-methyl/N-ethyl adjacent to an activating group) is 1. The second-order valence-corrected chi connectivity index (χ2v) is 22.8. The highest BCUT2D eigenvalue weighted by atomic mass is 16.5. The summed E-state index contributed by atoms with van der Waals surface area (Å²) in [7, 11) is 1.91. The van der Waals surface area contributed by atoms with E-state index >= 15 is 0 Å². The fraction of sp³-hybridized carbons (Fsp3) is 0.774. The van der Waals surface area contributed by atoms with E-state index in [2.05, 4.69) is 24.4 Å². The lowest BCUT2D eigenvalue weighted by atomic mass is 9.34. The first kappa shape index (κ1) is 44.4. The van der Waals surface area contributed by atoms with Gasteiger partial charge in [0.25, 0.3) is 0 Å². The Bertz CT molecular complexity index is 1980. The summed E-state index contributed by atoms with van der Waals surface area (Å²) in [5, 5.41) is 81.9. The summed E-state index contributed by atoms with van der Waals surface area (Å²) < 4.78 is 6.20. The lowest BCUT2D eigenvalue weighted by Gasteiger charge is -2.73. The highest BCUT2D eigenvalue weighted by Gasteiger charge is 2.85. The maximum Gasteiger partial charge on any atom is 0.331 e. The predicted octanol–water partition coefficient (Wildman–Crippen LogP) is 5.97. The van der Waals surface area contributed by atoms with Gasteiger partial charge in [0.2, 0.25) is 0 Å². The van der Waals surface area contributed by atoms with Crippen molar-refractivity contribution in [3.05, 3.63) is 59.2 Å². The second-order valence-electron chi connectivity index (χ2n) is 22.8. The van der Waals surface area contributed by atoms with Crippen molar-refractivity contribution in [2.45, 2.75) is 171 Å². The monoisotopic (exact) mass is 870 g/mol. The molecule has 10 rings (SSSR count). The molecule has 0 radical (unpaired) electrons. The molecule has 0 spiro atoms. The van der Waals surface area contributed by atoms with Gasteiger partial charge in [-0.3, -0.25) is 0 Å². The molecular formula is C53H75NO9. The van der Waals surface area contributed by atoms with Gasteiger partial charge in [-0.15, -0.1) is 0 Å².